The molecule has 1 aliphatic rings. The fraction of sp³-hybridized carbons (Fsp3) is 0.257. The van der Waals surface area contributed by atoms with Crippen LogP contribution in [0.2, 0.25) is 0 Å². The number of hydrogen-bond acceptors (Lipinski definition) is 4. The second-order valence-electron chi connectivity index (χ2n) is 10.1. The summed E-state index contributed by atoms with van der Waals surface area (Å²) in [6.45, 7) is 9.15. The molecule has 4 aromatic carbocycles. The summed E-state index contributed by atoms with van der Waals surface area (Å²) in [6, 6.07) is 41.6. The molecule has 4 nitrogen and oxygen atoms in total. The molecule has 1 aliphatic heterocycles. The summed E-state index contributed by atoms with van der Waals surface area (Å²) in [4.78, 5) is 2.55. The van der Waals surface area contributed by atoms with Gasteiger partial charge in [-0.25, -0.2) is 0 Å². The van der Waals surface area contributed by atoms with Crippen LogP contribution in [0.15, 0.2) is 115 Å². The molecule has 1 fully saturated rings. The lowest BCUT2D eigenvalue weighted by molar-refractivity contribution is 0.263. The van der Waals surface area contributed by atoms with Crippen LogP contribution in [0.25, 0.3) is 11.1 Å². The predicted molar refractivity (Wildman–Crippen MR) is 165 cm³/mol. The lowest BCUT2D eigenvalue weighted by Crippen LogP contribution is -2.41. The molecule has 39 heavy (non-hydrogen) atoms. The maximum atomic E-state index is 3.57. The highest BCUT2D eigenvalue weighted by Gasteiger charge is 2.16. The van der Waals surface area contributed by atoms with Crippen LogP contribution in [0.1, 0.15) is 27.8 Å². The molecular formula is C35H40N4. The number of benzene rings is 4. The monoisotopic (exact) mass is 516 g/mol. The Morgan fingerprint density at radius 2 is 0.795 bits per heavy atom. The molecule has 0 bridgehead atoms. The molecule has 0 aliphatic carbocycles. The quantitative estimate of drug-likeness (QED) is 0.305. The highest BCUT2D eigenvalue weighted by atomic mass is 15.2. The van der Waals surface area contributed by atoms with Gasteiger partial charge in [0.2, 0.25) is 0 Å². The Hall–Kier alpha value is -3.54. The van der Waals surface area contributed by atoms with E-state index in [1.807, 2.05) is 0 Å². The van der Waals surface area contributed by atoms with E-state index in [2.05, 4.69) is 136 Å². The van der Waals surface area contributed by atoms with Crippen molar-refractivity contribution in [3.8, 4) is 0 Å². The molecule has 4 heteroatoms. The first-order valence-corrected chi connectivity index (χ1v) is 14.2. The van der Waals surface area contributed by atoms with E-state index < -0.39 is 0 Å². The zero-order valence-corrected chi connectivity index (χ0v) is 22.8. The molecule has 0 aromatic heterocycles. The molecular weight excluding hydrogens is 476 g/mol. The van der Waals surface area contributed by atoms with Crippen LogP contribution < -0.4 is 16.0 Å². The van der Waals surface area contributed by atoms with Gasteiger partial charge in [0.1, 0.15) is 0 Å². The van der Waals surface area contributed by atoms with E-state index in [9.17, 15) is 0 Å². The molecule has 0 saturated carbocycles. The molecule has 0 spiro atoms. The molecule has 4 aromatic rings. The Kier molecular flexibility index (Phi) is 10.1. The van der Waals surface area contributed by atoms with Crippen molar-refractivity contribution in [2.75, 3.05) is 52.4 Å². The van der Waals surface area contributed by atoms with Gasteiger partial charge in [-0.3, -0.25) is 4.90 Å². The van der Waals surface area contributed by atoms with Gasteiger partial charge in [-0.1, -0.05) is 115 Å². The third-order valence-corrected chi connectivity index (χ3v) is 7.25. The highest BCUT2D eigenvalue weighted by molar-refractivity contribution is 6.04. The van der Waals surface area contributed by atoms with Gasteiger partial charge in [0.05, 0.1) is 0 Å². The maximum absolute atomic E-state index is 3.57. The molecule has 0 atom stereocenters. The maximum Gasteiger partial charge on any atom is 0.0234 e. The standard InChI is InChI=1S/C35H40N4/c1-4-10-30(11-5-1)34(31-12-6-2-7-13-31)35(32-14-8-3-9-15-32)33-18-16-29(17-19-33)28-39-26-24-37-22-20-36-21-23-38-25-27-39/h1-19,36-38H,20-28H2. The van der Waals surface area contributed by atoms with Crippen LogP contribution in [0.4, 0.5) is 0 Å². The average Bonchev–Trinajstić information content (AvgIpc) is 2.99. The third kappa shape index (κ3) is 7.75. The normalized spacial score (nSPS) is 15.6. The van der Waals surface area contributed by atoms with Crippen LogP contribution in [0, 0.1) is 0 Å². The van der Waals surface area contributed by atoms with Crippen molar-refractivity contribution in [1.82, 2.24) is 20.9 Å². The topological polar surface area (TPSA) is 39.3 Å². The Morgan fingerprint density at radius 3 is 1.21 bits per heavy atom. The van der Waals surface area contributed by atoms with E-state index >= 15 is 0 Å². The second-order valence-corrected chi connectivity index (χ2v) is 10.1. The number of hydrogen-bond donors (Lipinski definition) is 3. The van der Waals surface area contributed by atoms with Crippen molar-refractivity contribution in [2.45, 2.75) is 6.54 Å². The van der Waals surface area contributed by atoms with E-state index in [-0.39, 0.29) is 0 Å². The van der Waals surface area contributed by atoms with E-state index in [0.717, 1.165) is 58.9 Å². The molecule has 200 valence electrons. The van der Waals surface area contributed by atoms with Gasteiger partial charge in [0.25, 0.3) is 0 Å². The second kappa shape index (κ2) is 14.6. The van der Waals surface area contributed by atoms with Gasteiger partial charge in [0, 0.05) is 58.9 Å². The fourth-order valence-electron chi connectivity index (χ4n) is 5.23. The molecule has 0 unspecified atom stereocenters. The van der Waals surface area contributed by atoms with Crippen molar-refractivity contribution in [2.24, 2.45) is 0 Å². The first-order chi connectivity index (χ1) is 19.4. The van der Waals surface area contributed by atoms with Gasteiger partial charge in [-0.15, -0.1) is 0 Å². The lowest BCUT2D eigenvalue weighted by Gasteiger charge is -2.24. The van der Waals surface area contributed by atoms with Gasteiger partial charge < -0.3 is 16.0 Å². The lowest BCUT2D eigenvalue weighted by atomic mass is 9.85. The largest absolute Gasteiger partial charge is 0.314 e. The number of nitrogens with zero attached hydrogens (tertiary/aromatic N) is 1. The fourth-order valence-corrected chi connectivity index (χ4v) is 5.23. The van der Waals surface area contributed by atoms with Gasteiger partial charge >= 0.3 is 0 Å². The summed E-state index contributed by atoms with van der Waals surface area (Å²) in [5, 5.41) is 10.6. The minimum absolute atomic E-state index is 0.955. The molecule has 1 saturated heterocycles. The van der Waals surface area contributed by atoms with Crippen LogP contribution in [0.5, 0.6) is 0 Å². The summed E-state index contributed by atoms with van der Waals surface area (Å²) >= 11 is 0. The average molecular weight is 517 g/mol. The van der Waals surface area contributed by atoms with E-state index in [1.54, 1.807) is 0 Å². The summed E-state index contributed by atoms with van der Waals surface area (Å²) in [6.07, 6.45) is 0. The minimum atomic E-state index is 0.955. The zero-order valence-electron chi connectivity index (χ0n) is 22.8. The first kappa shape index (κ1) is 27.0. The highest BCUT2D eigenvalue weighted by Crippen LogP contribution is 2.36. The molecule has 0 amide bonds. The minimum Gasteiger partial charge on any atom is -0.314 e. The van der Waals surface area contributed by atoms with Crippen LogP contribution in [-0.2, 0) is 6.54 Å². The van der Waals surface area contributed by atoms with E-state index in [1.165, 1.54) is 39.0 Å². The summed E-state index contributed by atoms with van der Waals surface area (Å²) in [5.41, 5.74) is 8.76. The molecule has 3 N–H and O–H groups in total. The Bertz CT molecular complexity index is 1230. The third-order valence-electron chi connectivity index (χ3n) is 7.25. The summed E-state index contributed by atoms with van der Waals surface area (Å²) in [7, 11) is 0. The van der Waals surface area contributed by atoms with Gasteiger partial charge in [-0.05, 0) is 39.0 Å². The van der Waals surface area contributed by atoms with Gasteiger partial charge in [0.15, 0.2) is 0 Å². The number of rotatable bonds is 6. The van der Waals surface area contributed by atoms with Crippen molar-refractivity contribution >= 4 is 11.1 Å². The van der Waals surface area contributed by atoms with Crippen LogP contribution >= 0.6 is 0 Å². The Balaban J connectivity index is 1.47. The molecule has 5 rings (SSSR count). The van der Waals surface area contributed by atoms with Crippen molar-refractivity contribution in [3.05, 3.63) is 143 Å². The van der Waals surface area contributed by atoms with Crippen LogP contribution in [-0.4, -0.2) is 57.3 Å². The summed E-state index contributed by atoms with van der Waals surface area (Å²) in [5.74, 6) is 0. The SMILES string of the molecule is c1ccc(C(=C(c2ccccc2)c2ccc(CN3CCNCCNCCNCC3)cc2)c2ccccc2)cc1. The van der Waals surface area contributed by atoms with Crippen LogP contribution in [0.3, 0.4) is 0 Å². The predicted octanol–water partition coefficient (Wildman–Crippen LogP) is 5.28. The first-order valence-electron chi connectivity index (χ1n) is 14.2. The zero-order chi connectivity index (χ0) is 26.5. The Morgan fingerprint density at radius 1 is 0.436 bits per heavy atom. The van der Waals surface area contributed by atoms with E-state index in [4.69, 9.17) is 0 Å². The molecule has 1 heterocycles. The van der Waals surface area contributed by atoms with Crippen molar-refractivity contribution < 1.29 is 0 Å². The Labute approximate surface area is 233 Å². The smallest absolute Gasteiger partial charge is 0.0234 e. The van der Waals surface area contributed by atoms with Gasteiger partial charge in [-0.2, -0.15) is 0 Å². The van der Waals surface area contributed by atoms with Crippen molar-refractivity contribution in [3.63, 3.8) is 0 Å². The molecule has 0 radical (unpaired) electrons. The van der Waals surface area contributed by atoms with E-state index in [0.29, 0.717) is 0 Å². The number of nitrogens with one attached hydrogen (secondary N) is 3. The van der Waals surface area contributed by atoms with Crippen molar-refractivity contribution in [1.29, 1.82) is 0 Å². The summed E-state index contributed by atoms with van der Waals surface area (Å²) < 4.78 is 0.